The molecule has 0 unspecified atom stereocenters. The summed E-state index contributed by atoms with van der Waals surface area (Å²) in [6.07, 6.45) is 2.28. The predicted molar refractivity (Wildman–Crippen MR) is 79.3 cm³/mol. The van der Waals surface area contributed by atoms with Gasteiger partial charge in [0.15, 0.2) is 0 Å². The van der Waals surface area contributed by atoms with Gasteiger partial charge in [-0.2, -0.15) is 0 Å². The molecule has 0 bridgehead atoms. The lowest BCUT2D eigenvalue weighted by atomic mass is 9.82. The first-order chi connectivity index (χ1) is 9.23. The Balaban J connectivity index is 2.10. The molecule has 3 heteroatoms. The second kappa shape index (κ2) is 6.40. The first-order valence-electron chi connectivity index (χ1n) is 7.36. The van der Waals surface area contributed by atoms with E-state index in [2.05, 4.69) is 36.9 Å². The topological polar surface area (TPSA) is 38.5 Å². The van der Waals surface area contributed by atoms with Crippen molar-refractivity contribution in [2.24, 2.45) is 11.1 Å². The van der Waals surface area contributed by atoms with E-state index in [9.17, 15) is 0 Å². The Hall–Kier alpha value is -1.06. The number of para-hydroxylation sites is 1. The normalized spacial score (nSPS) is 16.6. The lowest BCUT2D eigenvalue weighted by molar-refractivity contribution is 0.130. The number of nitrogens with zero attached hydrogens (tertiary/aromatic N) is 1. The van der Waals surface area contributed by atoms with Gasteiger partial charge in [-0.15, -0.1) is 0 Å². The molecule has 0 amide bonds. The van der Waals surface area contributed by atoms with Gasteiger partial charge in [0.1, 0.15) is 12.4 Å². The molecule has 3 nitrogen and oxygen atoms in total. The second-order valence-corrected chi connectivity index (χ2v) is 5.58. The van der Waals surface area contributed by atoms with Gasteiger partial charge in [0.25, 0.3) is 0 Å². The third-order valence-electron chi connectivity index (χ3n) is 4.52. The number of fused-ring (bicyclic) bond motifs is 1. The van der Waals surface area contributed by atoms with E-state index in [1.54, 1.807) is 0 Å². The van der Waals surface area contributed by atoms with Crippen molar-refractivity contribution in [2.45, 2.75) is 33.2 Å². The summed E-state index contributed by atoms with van der Waals surface area (Å²) in [7, 11) is 0. The molecule has 1 aromatic carbocycles. The van der Waals surface area contributed by atoms with Crippen LogP contribution >= 0.6 is 0 Å². The van der Waals surface area contributed by atoms with E-state index in [1.165, 1.54) is 5.56 Å². The predicted octanol–water partition coefficient (Wildman–Crippen LogP) is 2.65. The molecule has 0 saturated carbocycles. The fourth-order valence-corrected chi connectivity index (χ4v) is 2.82. The first kappa shape index (κ1) is 14.4. The maximum absolute atomic E-state index is 6.02. The van der Waals surface area contributed by atoms with Crippen molar-refractivity contribution in [3.63, 3.8) is 0 Å². The van der Waals surface area contributed by atoms with Crippen LogP contribution in [0, 0.1) is 5.41 Å². The molecule has 1 aliphatic rings. The van der Waals surface area contributed by atoms with E-state index in [0.29, 0.717) is 0 Å². The van der Waals surface area contributed by atoms with E-state index in [1.807, 2.05) is 6.07 Å². The van der Waals surface area contributed by atoms with Crippen LogP contribution in [0.5, 0.6) is 5.75 Å². The van der Waals surface area contributed by atoms with Crippen LogP contribution in [0.15, 0.2) is 24.3 Å². The summed E-state index contributed by atoms with van der Waals surface area (Å²) >= 11 is 0. The van der Waals surface area contributed by atoms with Crippen LogP contribution in [0.2, 0.25) is 0 Å². The summed E-state index contributed by atoms with van der Waals surface area (Å²) in [4.78, 5) is 2.49. The molecule has 0 atom stereocenters. The Morgan fingerprint density at radius 1 is 1.26 bits per heavy atom. The minimum atomic E-state index is 0.249. The zero-order valence-electron chi connectivity index (χ0n) is 12.2. The molecule has 106 valence electrons. The van der Waals surface area contributed by atoms with Gasteiger partial charge in [0.2, 0.25) is 0 Å². The van der Waals surface area contributed by atoms with Crippen molar-refractivity contribution in [3.05, 3.63) is 29.8 Å². The van der Waals surface area contributed by atoms with E-state index in [4.69, 9.17) is 10.5 Å². The smallest absolute Gasteiger partial charge is 0.123 e. The van der Waals surface area contributed by atoms with E-state index < -0.39 is 0 Å². The second-order valence-electron chi connectivity index (χ2n) is 5.58. The molecular weight excluding hydrogens is 236 g/mol. The monoisotopic (exact) mass is 262 g/mol. The molecule has 0 spiro atoms. The van der Waals surface area contributed by atoms with E-state index in [0.717, 1.165) is 51.4 Å². The highest BCUT2D eigenvalue weighted by atomic mass is 16.5. The van der Waals surface area contributed by atoms with Gasteiger partial charge >= 0.3 is 0 Å². The molecule has 0 aliphatic carbocycles. The number of hydrogen-bond donors (Lipinski definition) is 1. The SMILES string of the molecule is CCC(CC)(CN)CN1CCOc2ccccc2C1. The molecule has 0 radical (unpaired) electrons. The summed E-state index contributed by atoms with van der Waals surface area (Å²) in [6, 6.07) is 8.35. The van der Waals surface area contributed by atoms with Crippen LogP contribution in [0.1, 0.15) is 32.3 Å². The highest BCUT2D eigenvalue weighted by molar-refractivity contribution is 5.33. The van der Waals surface area contributed by atoms with Crippen molar-refractivity contribution in [1.29, 1.82) is 0 Å². The molecule has 2 rings (SSSR count). The summed E-state index contributed by atoms with van der Waals surface area (Å²) in [5.74, 6) is 1.04. The minimum Gasteiger partial charge on any atom is -0.492 e. The number of benzene rings is 1. The Labute approximate surface area is 116 Å². The Kier molecular flexibility index (Phi) is 4.83. The Morgan fingerprint density at radius 3 is 2.68 bits per heavy atom. The molecule has 1 aromatic rings. The zero-order chi connectivity index (χ0) is 13.7. The zero-order valence-corrected chi connectivity index (χ0v) is 12.2. The number of nitrogens with two attached hydrogens (primary N) is 1. The Morgan fingerprint density at radius 2 is 2.00 bits per heavy atom. The molecule has 1 heterocycles. The highest BCUT2D eigenvalue weighted by Crippen LogP contribution is 2.29. The van der Waals surface area contributed by atoms with Crippen molar-refractivity contribution in [3.8, 4) is 5.75 Å². The van der Waals surface area contributed by atoms with Crippen molar-refractivity contribution in [2.75, 3.05) is 26.2 Å². The quantitative estimate of drug-likeness (QED) is 0.886. The third kappa shape index (κ3) is 3.28. The van der Waals surface area contributed by atoms with E-state index >= 15 is 0 Å². The largest absolute Gasteiger partial charge is 0.492 e. The molecular formula is C16H26N2O. The summed E-state index contributed by atoms with van der Waals surface area (Å²) in [6.45, 7) is 9.05. The molecule has 0 fully saturated rings. The van der Waals surface area contributed by atoms with Gasteiger partial charge in [0.05, 0.1) is 0 Å². The van der Waals surface area contributed by atoms with Crippen LogP contribution in [0.25, 0.3) is 0 Å². The van der Waals surface area contributed by atoms with E-state index in [-0.39, 0.29) is 5.41 Å². The van der Waals surface area contributed by atoms with Gasteiger partial charge in [-0.3, -0.25) is 4.90 Å². The van der Waals surface area contributed by atoms with Crippen LogP contribution in [-0.2, 0) is 6.54 Å². The third-order valence-corrected chi connectivity index (χ3v) is 4.52. The summed E-state index contributed by atoms with van der Waals surface area (Å²) in [5.41, 5.74) is 7.56. The minimum absolute atomic E-state index is 0.249. The average molecular weight is 262 g/mol. The molecule has 19 heavy (non-hydrogen) atoms. The van der Waals surface area contributed by atoms with Gasteiger partial charge in [0, 0.05) is 25.2 Å². The van der Waals surface area contributed by atoms with Gasteiger partial charge in [-0.05, 0) is 30.9 Å². The van der Waals surface area contributed by atoms with Gasteiger partial charge in [-0.25, -0.2) is 0 Å². The molecule has 1 aliphatic heterocycles. The average Bonchev–Trinajstić information content (AvgIpc) is 2.66. The van der Waals surface area contributed by atoms with Gasteiger partial charge in [-0.1, -0.05) is 32.0 Å². The first-order valence-corrected chi connectivity index (χ1v) is 7.36. The van der Waals surface area contributed by atoms with Crippen LogP contribution in [0.3, 0.4) is 0 Å². The summed E-state index contributed by atoms with van der Waals surface area (Å²) in [5, 5.41) is 0. The van der Waals surface area contributed by atoms with Crippen molar-refractivity contribution >= 4 is 0 Å². The standard InChI is InChI=1S/C16H26N2O/c1-3-16(4-2,12-17)13-18-9-10-19-15-8-6-5-7-14(15)11-18/h5-8H,3-4,9-13,17H2,1-2H3. The maximum atomic E-state index is 6.02. The molecule has 0 saturated heterocycles. The van der Waals surface area contributed by atoms with Gasteiger partial charge < -0.3 is 10.5 Å². The number of rotatable bonds is 5. The lowest BCUT2D eigenvalue weighted by Crippen LogP contribution is -2.42. The lowest BCUT2D eigenvalue weighted by Gasteiger charge is -2.35. The maximum Gasteiger partial charge on any atom is 0.123 e. The summed E-state index contributed by atoms with van der Waals surface area (Å²) < 4.78 is 5.82. The van der Waals surface area contributed by atoms with Crippen LogP contribution < -0.4 is 10.5 Å². The molecule has 0 aromatic heterocycles. The Bertz CT molecular complexity index is 393. The van der Waals surface area contributed by atoms with Crippen LogP contribution in [0.4, 0.5) is 0 Å². The van der Waals surface area contributed by atoms with Crippen molar-refractivity contribution < 1.29 is 4.74 Å². The van der Waals surface area contributed by atoms with Crippen molar-refractivity contribution in [1.82, 2.24) is 4.90 Å². The van der Waals surface area contributed by atoms with Crippen LogP contribution in [-0.4, -0.2) is 31.1 Å². The highest BCUT2D eigenvalue weighted by Gasteiger charge is 2.28. The number of ether oxygens (including phenoxy) is 1. The molecule has 2 N–H and O–H groups in total. The fourth-order valence-electron chi connectivity index (χ4n) is 2.82. The number of hydrogen-bond acceptors (Lipinski definition) is 3. The fraction of sp³-hybridized carbons (Fsp3) is 0.625.